The predicted molar refractivity (Wildman–Crippen MR) is 105 cm³/mol. The van der Waals surface area contributed by atoms with Gasteiger partial charge in [-0.15, -0.1) is 0 Å². The zero-order valence-electron chi connectivity index (χ0n) is 14.5. The number of hydrogen-bond donors (Lipinski definition) is 1. The van der Waals surface area contributed by atoms with Crippen LogP contribution in [0.3, 0.4) is 0 Å². The molecule has 0 aliphatic carbocycles. The lowest BCUT2D eigenvalue weighted by atomic mass is 10.0. The fourth-order valence-electron chi connectivity index (χ4n) is 2.80. The largest absolute Gasteiger partial charge is 0.361 e. The van der Waals surface area contributed by atoms with Gasteiger partial charge in [-0.2, -0.15) is 0 Å². The summed E-state index contributed by atoms with van der Waals surface area (Å²) in [6.45, 7) is 4.10. The lowest BCUT2D eigenvalue weighted by molar-refractivity contribution is 0.104. The van der Waals surface area contributed by atoms with E-state index in [1.54, 1.807) is 12.3 Å². The monoisotopic (exact) mass is 327 g/mol. The van der Waals surface area contributed by atoms with Crippen LogP contribution >= 0.6 is 0 Å². The molecule has 0 unspecified atom stereocenters. The Morgan fingerprint density at radius 3 is 2.00 bits per heavy atom. The fourth-order valence-corrected chi connectivity index (χ4v) is 2.80. The smallest absolute Gasteiger partial charge is 0.187 e. The van der Waals surface area contributed by atoms with Crippen molar-refractivity contribution in [1.82, 2.24) is 0 Å². The zero-order chi connectivity index (χ0) is 17.6. The van der Waals surface area contributed by atoms with Crippen LogP contribution in [0.4, 0.5) is 5.69 Å². The number of nitrogens with one attached hydrogen (secondary N) is 1. The molecule has 0 radical (unpaired) electrons. The first-order chi connectivity index (χ1) is 12.1. The first-order valence-corrected chi connectivity index (χ1v) is 8.34. The molecule has 0 heterocycles. The Kier molecular flexibility index (Phi) is 5.10. The summed E-state index contributed by atoms with van der Waals surface area (Å²) < 4.78 is 0. The third-order valence-corrected chi connectivity index (χ3v) is 4.22. The van der Waals surface area contributed by atoms with Gasteiger partial charge in [0.1, 0.15) is 0 Å². The molecule has 0 spiro atoms. The number of rotatable bonds is 5. The average Bonchev–Trinajstić information content (AvgIpc) is 2.65. The van der Waals surface area contributed by atoms with E-state index in [2.05, 4.69) is 17.4 Å². The van der Waals surface area contributed by atoms with Crippen molar-refractivity contribution in [3.63, 3.8) is 0 Å². The highest BCUT2D eigenvalue weighted by Gasteiger charge is 2.03. The number of para-hydroxylation sites is 1. The number of aryl methyl sites for hydroxylation is 2. The Bertz CT molecular complexity index is 873. The maximum absolute atomic E-state index is 12.3. The van der Waals surface area contributed by atoms with Crippen LogP contribution in [-0.2, 0) is 0 Å². The summed E-state index contributed by atoms with van der Waals surface area (Å²) in [7, 11) is 0. The number of allylic oxidation sites excluding steroid dienone is 1. The Morgan fingerprint density at radius 2 is 1.36 bits per heavy atom. The first-order valence-electron chi connectivity index (χ1n) is 8.34. The van der Waals surface area contributed by atoms with Crippen LogP contribution in [-0.4, -0.2) is 5.78 Å². The fraction of sp³-hybridized carbons (Fsp3) is 0.0870. The molecule has 124 valence electrons. The standard InChI is InChI=1S/C23H21NO/c1-17-7-6-8-18(2)23(17)24-16-15-22(25)21-13-11-20(12-14-21)19-9-4-3-5-10-19/h3-16,24H,1-2H3/b16-15+. The molecule has 0 fully saturated rings. The summed E-state index contributed by atoms with van der Waals surface area (Å²) in [5.74, 6) is -0.0154. The molecule has 3 aromatic rings. The topological polar surface area (TPSA) is 29.1 Å². The van der Waals surface area contributed by atoms with Crippen LogP contribution in [0, 0.1) is 13.8 Å². The Hall–Kier alpha value is -3.13. The molecule has 25 heavy (non-hydrogen) atoms. The minimum absolute atomic E-state index is 0.0154. The molecule has 0 aliphatic rings. The van der Waals surface area contributed by atoms with Crippen LogP contribution in [0.2, 0.25) is 0 Å². The number of hydrogen-bond acceptors (Lipinski definition) is 2. The van der Waals surface area contributed by atoms with Gasteiger partial charge in [0.15, 0.2) is 5.78 Å². The maximum Gasteiger partial charge on any atom is 0.187 e. The van der Waals surface area contributed by atoms with E-state index < -0.39 is 0 Å². The SMILES string of the molecule is Cc1cccc(C)c1N/C=C/C(=O)c1ccc(-c2ccccc2)cc1. The average molecular weight is 327 g/mol. The van der Waals surface area contributed by atoms with E-state index in [1.807, 2.05) is 74.5 Å². The minimum atomic E-state index is -0.0154. The van der Waals surface area contributed by atoms with E-state index in [1.165, 1.54) is 0 Å². The van der Waals surface area contributed by atoms with E-state index in [4.69, 9.17) is 0 Å². The number of carbonyl (C=O) groups is 1. The normalized spacial score (nSPS) is 10.8. The molecule has 0 bridgehead atoms. The van der Waals surface area contributed by atoms with Crippen LogP contribution in [0.15, 0.2) is 85.1 Å². The molecule has 0 aliphatic heterocycles. The second-order valence-corrected chi connectivity index (χ2v) is 6.05. The summed E-state index contributed by atoms with van der Waals surface area (Å²) >= 11 is 0. The number of benzene rings is 3. The molecular weight excluding hydrogens is 306 g/mol. The molecule has 3 aromatic carbocycles. The number of ketones is 1. The van der Waals surface area contributed by atoms with Crippen molar-refractivity contribution in [2.45, 2.75) is 13.8 Å². The maximum atomic E-state index is 12.3. The Morgan fingerprint density at radius 1 is 0.760 bits per heavy atom. The van der Waals surface area contributed by atoms with Crippen molar-refractivity contribution in [2.24, 2.45) is 0 Å². The highest BCUT2D eigenvalue weighted by atomic mass is 16.1. The van der Waals surface area contributed by atoms with Gasteiger partial charge in [0, 0.05) is 23.5 Å². The van der Waals surface area contributed by atoms with Gasteiger partial charge in [-0.1, -0.05) is 72.8 Å². The molecule has 3 rings (SSSR count). The Balaban J connectivity index is 1.69. The van der Waals surface area contributed by atoms with Gasteiger partial charge < -0.3 is 5.32 Å². The quantitative estimate of drug-likeness (QED) is 0.475. The van der Waals surface area contributed by atoms with E-state index in [-0.39, 0.29) is 5.78 Å². The van der Waals surface area contributed by atoms with Gasteiger partial charge in [-0.05, 0) is 36.1 Å². The molecule has 0 atom stereocenters. The van der Waals surface area contributed by atoms with Crippen molar-refractivity contribution in [3.8, 4) is 11.1 Å². The molecule has 1 N–H and O–H groups in total. The Labute approximate surface area is 148 Å². The highest BCUT2D eigenvalue weighted by Crippen LogP contribution is 2.20. The van der Waals surface area contributed by atoms with Crippen molar-refractivity contribution in [1.29, 1.82) is 0 Å². The van der Waals surface area contributed by atoms with Gasteiger partial charge in [0.25, 0.3) is 0 Å². The molecule has 0 aromatic heterocycles. The van der Waals surface area contributed by atoms with E-state index in [0.29, 0.717) is 5.56 Å². The summed E-state index contributed by atoms with van der Waals surface area (Å²) in [5, 5.41) is 3.22. The van der Waals surface area contributed by atoms with Crippen LogP contribution in [0.5, 0.6) is 0 Å². The van der Waals surface area contributed by atoms with Crippen LogP contribution < -0.4 is 5.32 Å². The van der Waals surface area contributed by atoms with Crippen molar-refractivity contribution in [2.75, 3.05) is 5.32 Å². The third-order valence-electron chi connectivity index (χ3n) is 4.22. The molecular formula is C23H21NO. The van der Waals surface area contributed by atoms with Crippen molar-refractivity contribution < 1.29 is 4.79 Å². The van der Waals surface area contributed by atoms with Gasteiger partial charge in [-0.25, -0.2) is 0 Å². The summed E-state index contributed by atoms with van der Waals surface area (Å²) in [4.78, 5) is 12.3. The number of carbonyl (C=O) groups excluding carboxylic acids is 1. The summed E-state index contributed by atoms with van der Waals surface area (Å²) in [6, 6.07) is 24.0. The van der Waals surface area contributed by atoms with Crippen molar-refractivity contribution >= 4 is 11.5 Å². The van der Waals surface area contributed by atoms with E-state index in [9.17, 15) is 4.79 Å². The second-order valence-electron chi connectivity index (χ2n) is 6.05. The zero-order valence-corrected chi connectivity index (χ0v) is 14.5. The molecule has 0 saturated heterocycles. The van der Waals surface area contributed by atoms with Gasteiger partial charge >= 0.3 is 0 Å². The van der Waals surface area contributed by atoms with Crippen molar-refractivity contribution in [3.05, 3.63) is 102 Å². The third kappa shape index (κ3) is 4.04. The highest BCUT2D eigenvalue weighted by molar-refractivity contribution is 6.04. The molecule has 2 nitrogen and oxygen atoms in total. The summed E-state index contributed by atoms with van der Waals surface area (Å²) in [5.41, 5.74) is 6.29. The minimum Gasteiger partial charge on any atom is -0.361 e. The van der Waals surface area contributed by atoms with Crippen LogP contribution in [0.25, 0.3) is 11.1 Å². The molecule has 0 saturated carbocycles. The van der Waals surface area contributed by atoms with Crippen LogP contribution in [0.1, 0.15) is 21.5 Å². The van der Waals surface area contributed by atoms with E-state index >= 15 is 0 Å². The first kappa shape index (κ1) is 16.7. The predicted octanol–water partition coefficient (Wildman–Crippen LogP) is 5.78. The molecule has 2 heteroatoms. The lowest BCUT2D eigenvalue weighted by Gasteiger charge is -2.08. The lowest BCUT2D eigenvalue weighted by Crippen LogP contribution is -1.98. The van der Waals surface area contributed by atoms with Gasteiger partial charge in [0.05, 0.1) is 0 Å². The van der Waals surface area contributed by atoms with E-state index in [0.717, 1.165) is 27.9 Å². The number of anilines is 1. The van der Waals surface area contributed by atoms with Gasteiger partial charge in [-0.3, -0.25) is 4.79 Å². The second kappa shape index (κ2) is 7.63. The van der Waals surface area contributed by atoms with Gasteiger partial charge in [0.2, 0.25) is 0 Å². The summed E-state index contributed by atoms with van der Waals surface area (Å²) in [6.07, 6.45) is 3.28. The molecule has 0 amide bonds.